The van der Waals surface area contributed by atoms with Gasteiger partial charge in [-0.15, -0.1) is 10.2 Å². The van der Waals surface area contributed by atoms with Crippen LogP contribution in [0, 0.1) is 0 Å². The van der Waals surface area contributed by atoms with Crippen LogP contribution in [0.1, 0.15) is 40.7 Å². The number of aromatic nitrogens is 3. The van der Waals surface area contributed by atoms with Crippen molar-refractivity contribution in [1.82, 2.24) is 25.0 Å². The van der Waals surface area contributed by atoms with Crippen LogP contribution in [0.5, 0.6) is 11.5 Å². The lowest BCUT2D eigenvalue weighted by molar-refractivity contribution is 0.0909. The maximum absolute atomic E-state index is 12.3. The Morgan fingerprint density at radius 1 is 1.13 bits per heavy atom. The van der Waals surface area contributed by atoms with Gasteiger partial charge in [0.15, 0.2) is 11.6 Å². The molecule has 0 saturated heterocycles. The second-order valence-corrected chi connectivity index (χ2v) is 7.47. The van der Waals surface area contributed by atoms with E-state index in [1.165, 1.54) is 6.26 Å². The van der Waals surface area contributed by atoms with Gasteiger partial charge in [0.1, 0.15) is 17.3 Å². The van der Waals surface area contributed by atoms with Crippen LogP contribution in [0.4, 0.5) is 0 Å². The fourth-order valence-electron chi connectivity index (χ4n) is 3.92. The third-order valence-corrected chi connectivity index (χ3v) is 5.54. The molecule has 0 saturated carbocycles. The molecule has 0 spiro atoms. The van der Waals surface area contributed by atoms with E-state index in [4.69, 9.17) is 13.9 Å². The number of methoxy groups -OCH3 is 2. The topological polar surface area (TPSA) is 94.7 Å². The summed E-state index contributed by atoms with van der Waals surface area (Å²) >= 11 is 0. The van der Waals surface area contributed by atoms with Gasteiger partial charge in [0, 0.05) is 32.6 Å². The molecule has 3 aromatic rings. The Labute approximate surface area is 181 Å². The lowest BCUT2D eigenvalue weighted by atomic mass is 10.1. The second-order valence-electron chi connectivity index (χ2n) is 7.47. The fourth-order valence-corrected chi connectivity index (χ4v) is 3.92. The molecule has 1 aromatic carbocycles. The van der Waals surface area contributed by atoms with Crippen molar-refractivity contribution in [2.75, 3.05) is 27.3 Å². The number of rotatable bonds is 7. The van der Waals surface area contributed by atoms with E-state index in [2.05, 4.69) is 25.0 Å². The highest BCUT2D eigenvalue weighted by molar-refractivity contribution is 5.91. The van der Waals surface area contributed by atoms with Gasteiger partial charge < -0.3 is 23.8 Å². The number of hydrogen-bond acceptors (Lipinski definition) is 7. The van der Waals surface area contributed by atoms with Crippen LogP contribution >= 0.6 is 0 Å². The average Bonchev–Trinajstić information content (AvgIpc) is 3.42. The number of furan rings is 1. The highest BCUT2D eigenvalue weighted by atomic mass is 16.5. The number of fused-ring (bicyclic) bond motifs is 1. The van der Waals surface area contributed by atoms with Crippen LogP contribution in [-0.4, -0.2) is 52.9 Å². The summed E-state index contributed by atoms with van der Waals surface area (Å²) in [5, 5.41) is 11.7. The summed E-state index contributed by atoms with van der Waals surface area (Å²) in [6.07, 6.45) is 2.25. The lowest BCUT2D eigenvalue weighted by Crippen LogP contribution is -2.30. The van der Waals surface area contributed by atoms with E-state index in [0.717, 1.165) is 54.8 Å². The maximum atomic E-state index is 12.3. The summed E-state index contributed by atoms with van der Waals surface area (Å²) in [4.78, 5) is 14.7. The molecule has 1 N–H and O–H groups in total. The van der Waals surface area contributed by atoms with E-state index >= 15 is 0 Å². The van der Waals surface area contributed by atoms with Crippen LogP contribution < -0.4 is 14.8 Å². The molecule has 0 bridgehead atoms. The molecule has 0 aliphatic carbocycles. The number of amides is 1. The standard InChI is InChI=1S/C22H27N5O4/c1-15(23-22(28)19-8-5-13-31-19)21-25-24-20-9-10-26(11-12-27(20)21)14-16-17(29-2)6-4-7-18(16)30-3/h4-8,13,15H,9-12,14H2,1-3H3,(H,23,28). The van der Waals surface area contributed by atoms with E-state index in [1.54, 1.807) is 26.4 Å². The van der Waals surface area contributed by atoms with Gasteiger partial charge in [0.05, 0.1) is 32.1 Å². The number of nitrogens with one attached hydrogen (secondary N) is 1. The van der Waals surface area contributed by atoms with Crippen molar-refractivity contribution in [3.8, 4) is 11.5 Å². The predicted molar refractivity (Wildman–Crippen MR) is 113 cm³/mol. The quantitative estimate of drug-likeness (QED) is 0.621. The minimum Gasteiger partial charge on any atom is -0.496 e. The third-order valence-electron chi connectivity index (χ3n) is 5.54. The molecule has 0 radical (unpaired) electrons. The second kappa shape index (κ2) is 9.22. The predicted octanol–water partition coefficient (Wildman–Crippen LogP) is 2.44. The molecular formula is C22H27N5O4. The average molecular weight is 425 g/mol. The first kappa shape index (κ1) is 20.9. The van der Waals surface area contributed by atoms with Crippen LogP contribution in [0.25, 0.3) is 0 Å². The van der Waals surface area contributed by atoms with Crippen molar-refractivity contribution in [2.24, 2.45) is 0 Å². The molecule has 3 heterocycles. The molecule has 2 aromatic heterocycles. The van der Waals surface area contributed by atoms with Gasteiger partial charge in [-0.1, -0.05) is 6.07 Å². The monoisotopic (exact) mass is 425 g/mol. The van der Waals surface area contributed by atoms with Gasteiger partial charge in [-0.25, -0.2) is 0 Å². The summed E-state index contributed by atoms with van der Waals surface area (Å²) in [6, 6.07) is 8.86. The van der Waals surface area contributed by atoms with E-state index in [9.17, 15) is 4.79 Å². The van der Waals surface area contributed by atoms with Crippen molar-refractivity contribution < 1.29 is 18.7 Å². The Kier molecular flexibility index (Phi) is 6.22. The molecule has 4 rings (SSSR count). The zero-order valence-electron chi connectivity index (χ0n) is 18.0. The number of ether oxygens (including phenoxy) is 2. The molecule has 9 heteroatoms. The molecule has 1 aliphatic rings. The Balaban J connectivity index is 1.46. The van der Waals surface area contributed by atoms with Crippen molar-refractivity contribution in [3.63, 3.8) is 0 Å². The van der Waals surface area contributed by atoms with E-state index in [-0.39, 0.29) is 17.7 Å². The highest BCUT2D eigenvalue weighted by Crippen LogP contribution is 2.30. The van der Waals surface area contributed by atoms with Crippen LogP contribution in [0.15, 0.2) is 41.0 Å². The highest BCUT2D eigenvalue weighted by Gasteiger charge is 2.24. The molecule has 1 unspecified atom stereocenters. The number of carbonyl (C=O) groups excluding carboxylic acids is 1. The largest absolute Gasteiger partial charge is 0.496 e. The van der Waals surface area contributed by atoms with Crippen LogP contribution in [0.2, 0.25) is 0 Å². The smallest absolute Gasteiger partial charge is 0.287 e. The van der Waals surface area contributed by atoms with E-state index in [0.29, 0.717) is 6.54 Å². The molecule has 164 valence electrons. The molecule has 0 fully saturated rings. The zero-order valence-corrected chi connectivity index (χ0v) is 18.0. The number of hydrogen-bond donors (Lipinski definition) is 1. The first-order valence-corrected chi connectivity index (χ1v) is 10.3. The van der Waals surface area contributed by atoms with Gasteiger partial charge in [-0.05, 0) is 31.2 Å². The number of carbonyl (C=O) groups is 1. The van der Waals surface area contributed by atoms with E-state index in [1.807, 2.05) is 25.1 Å². The van der Waals surface area contributed by atoms with Gasteiger partial charge in [0.25, 0.3) is 5.91 Å². The van der Waals surface area contributed by atoms with E-state index < -0.39 is 0 Å². The van der Waals surface area contributed by atoms with Crippen molar-refractivity contribution in [3.05, 3.63) is 59.6 Å². The molecule has 1 atom stereocenters. The summed E-state index contributed by atoms with van der Waals surface area (Å²) in [5.41, 5.74) is 1.03. The molecular weight excluding hydrogens is 398 g/mol. The normalized spacial score (nSPS) is 15.1. The number of benzene rings is 1. The summed E-state index contributed by atoms with van der Waals surface area (Å²) in [5.74, 6) is 3.30. The minimum atomic E-state index is -0.292. The van der Waals surface area contributed by atoms with Crippen LogP contribution in [-0.2, 0) is 19.5 Å². The fraction of sp³-hybridized carbons (Fsp3) is 0.409. The zero-order chi connectivity index (χ0) is 21.8. The summed E-state index contributed by atoms with van der Waals surface area (Å²) in [6.45, 7) is 5.01. The SMILES string of the molecule is COc1cccc(OC)c1CN1CCc2nnc(C(C)NC(=O)c3ccco3)n2CC1. The van der Waals surface area contributed by atoms with Crippen molar-refractivity contribution >= 4 is 5.91 Å². The van der Waals surface area contributed by atoms with Gasteiger partial charge in [-0.2, -0.15) is 0 Å². The minimum absolute atomic E-state index is 0.270. The molecule has 1 amide bonds. The molecule has 31 heavy (non-hydrogen) atoms. The lowest BCUT2D eigenvalue weighted by Gasteiger charge is -2.22. The summed E-state index contributed by atoms with van der Waals surface area (Å²) < 4.78 is 18.4. The maximum Gasteiger partial charge on any atom is 0.287 e. The van der Waals surface area contributed by atoms with Crippen molar-refractivity contribution in [2.45, 2.75) is 32.5 Å². The molecule has 9 nitrogen and oxygen atoms in total. The third kappa shape index (κ3) is 4.41. The Morgan fingerprint density at radius 3 is 2.58 bits per heavy atom. The first-order chi connectivity index (χ1) is 15.1. The Hall–Kier alpha value is -3.33. The van der Waals surface area contributed by atoms with Crippen LogP contribution in [0.3, 0.4) is 0 Å². The van der Waals surface area contributed by atoms with Crippen molar-refractivity contribution in [1.29, 1.82) is 0 Å². The van der Waals surface area contributed by atoms with Gasteiger partial charge >= 0.3 is 0 Å². The van der Waals surface area contributed by atoms with Gasteiger partial charge in [0.2, 0.25) is 0 Å². The molecule has 1 aliphatic heterocycles. The Bertz CT molecular complexity index is 1010. The first-order valence-electron chi connectivity index (χ1n) is 10.3. The number of nitrogens with zero attached hydrogens (tertiary/aromatic N) is 4. The summed E-state index contributed by atoms with van der Waals surface area (Å²) in [7, 11) is 3.35. The Morgan fingerprint density at radius 2 is 1.90 bits per heavy atom. The van der Waals surface area contributed by atoms with Gasteiger partial charge in [-0.3, -0.25) is 9.69 Å².